The smallest absolute Gasteiger partial charge is 0.161 e. The van der Waals surface area contributed by atoms with Crippen molar-refractivity contribution in [1.29, 1.82) is 0 Å². The van der Waals surface area contributed by atoms with Gasteiger partial charge in [-0.25, -0.2) is 0 Å². The summed E-state index contributed by atoms with van der Waals surface area (Å²) in [5.41, 5.74) is 1.01. The lowest BCUT2D eigenvalue weighted by molar-refractivity contribution is 0.0223. The summed E-state index contributed by atoms with van der Waals surface area (Å²) >= 11 is 0. The summed E-state index contributed by atoms with van der Waals surface area (Å²) in [6, 6.07) is 13.4. The number of hydrogen-bond acceptors (Lipinski definition) is 9. The van der Waals surface area contributed by atoms with E-state index in [-0.39, 0.29) is 0 Å². The molecule has 0 saturated carbocycles. The third kappa shape index (κ3) is 13.2. The molecule has 0 atom stereocenters. The summed E-state index contributed by atoms with van der Waals surface area (Å²) in [6.45, 7) is 10.1. The van der Waals surface area contributed by atoms with Crippen molar-refractivity contribution in [1.82, 2.24) is 0 Å². The maximum absolute atomic E-state index is 5.99. The third-order valence-electron chi connectivity index (χ3n) is 5.51. The Morgan fingerprint density at radius 2 is 1.05 bits per heavy atom. The van der Waals surface area contributed by atoms with Gasteiger partial charge in [0.1, 0.15) is 26.4 Å². The fraction of sp³-hybridized carbons (Fsp3) is 0.533. The van der Waals surface area contributed by atoms with E-state index in [1.807, 2.05) is 48.5 Å². The molecule has 0 fully saturated rings. The van der Waals surface area contributed by atoms with E-state index in [9.17, 15) is 0 Å². The molecule has 0 aliphatic carbocycles. The minimum absolute atomic E-state index is 0.383. The van der Waals surface area contributed by atoms with E-state index in [1.54, 1.807) is 0 Å². The molecule has 1 aliphatic rings. The van der Waals surface area contributed by atoms with Gasteiger partial charge in [-0.1, -0.05) is 24.3 Å². The molecule has 39 heavy (non-hydrogen) atoms. The van der Waals surface area contributed by atoms with Crippen molar-refractivity contribution in [3.05, 3.63) is 60.7 Å². The highest BCUT2D eigenvalue weighted by Crippen LogP contribution is 2.29. The number of ether oxygens (including phenoxy) is 9. The fourth-order valence-corrected chi connectivity index (χ4v) is 3.57. The molecular weight excluding hydrogens is 504 g/mol. The first-order valence-electron chi connectivity index (χ1n) is 13.6. The molecule has 0 unspecified atom stereocenters. The van der Waals surface area contributed by atoms with Gasteiger partial charge in [0.15, 0.2) is 23.0 Å². The zero-order valence-electron chi connectivity index (χ0n) is 22.8. The Bertz CT molecular complexity index is 921. The highest BCUT2D eigenvalue weighted by atomic mass is 16.6. The lowest BCUT2D eigenvalue weighted by atomic mass is 10.2. The quantitative estimate of drug-likeness (QED) is 0.385. The molecule has 2 aromatic rings. The van der Waals surface area contributed by atoms with Crippen LogP contribution in [0.2, 0.25) is 0 Å². The monoisotopic (exact) mass is 546 g/mol. The van der Waals surface area contributed by atoms with Crippen LogP contribution in [0, 0.1) is 0 Å². The lowest BCUT2D eigenvalue weighted by Crippen LogP contribution is -2.15. The number of para-hydroxylation sites is 2. The fourth-order valence-electron chi connectivity index (χ4n) is 3.57. The van der Waals surface area contributed by atoms with Gasteiger partial charge in [0.25, 0.3) is 0 Å². The molecule has 2 aromatic carbocycles. The average molecular weight is 547 g/mol. The molecular formula is C30H42O9. The molecule has 0 radical (unpaired) electrons. The summed E-state index contributed by atoms with van der Waals surface area (Å²) < 4.78 is 51.8. The van der Waals surface area contributed by atoms with E-state index in [4.69, 9.17) is 42.6 Å². The Hall–Kier alpha value is -2.82. The number of fused-ring (bicyclic) bond motifs is 2. The predicted molar refractivity (Wildman–Crippen MR) is 147 cm³/mol. The highest BCUT2D eigenvalue weighted by molar-refractivity contribution is 5.43. The van der Waals surface area contributed by atoms with E-state index < -0.39 is 0 Å². The van der Waals surface area contributed by atoms with Crippen LogP contribution >= 0.6 is 0 Å². The van der Waals surface area contributed by atoms with Crippen molar-refractivity contribution >= 4 is 0 Å². The molecule has 0 aromatic heterocycles. The lowest BCUT2D eigenvalue weighted by Gasteiger charge is -2.15. The number of hydrogen-bond donors (Lipinski definition) is 0. The summed E-state index contributed by atoms with van der Waals surface area (Å²) in [5.74, 6) is 2.66. The molecule has 9 nitrogen and oxygen atoms in total. The van der Waals surface area contributed by atoms with Crippen LogP contribution in [0.1, 0.15) is 18.4 Å². The first-order chi connectivity index (χ1) is 19.4. The molecule has 216 valence electrons. The van der Waals surface area contributed by atoms with Gasteiger partial charge in [0.2, 0.25) is 0 Å². The van der Waals surface area contributed by atoms with Crippen molar-refractivity contribution in [3.63, 3.8) is 0 Å². The van der Waals surface area contributed by atoms with E-state index in [2.05, 4.69) is 6.58 Å². The second kappa shape index (κ2) is 20.1. The van der Waals surface area contributed by atoms with Crippen molar-refractivity contribution in [3.8, 4) is 23.0 Å². The maximum Gasteiger partial charge on any atom is 0.161 e. The van der Waals surface area contributed by atoms with Crippen LogP contribution in [-0.4, -0.2) is 85.9 Å². The summed E-state index contributed by atoms with van der Waals surface area (Å²) in [6.07, 6.45) is 3.79. The zero-order valence-corrected chi connectivity index (χ0v) is 22.8. The summed E-state index contributed by atoms with van der Waals surface area (Å²) in [4.78, 5) is 0. The van der Waals surface area contributed by atoms with Crippen molar-refractivity contribution in [2.75, 3.05) is 85.9 Å². The van der Waals surface area contributed by atoms with Gasteiger partial charge in [-0.3, -0.25) is 0 Å². The van der Waals surface area contributed by atoms with Crippen LogP contribution in [0.4, 0.5) is 0 Å². The van der Waals surface area contributed by atoms with Crippen LogP contribution in [0.5, 0.6) is 23.0 Å². The molecule has 0 bridgehead atoms. The Balaban J connectivity index is 1.48. The molecule has 0 saturated heterocycles. The van der Waals surface area contributed by atoms with Crippen molar-refractivity contribution in [2.45, 2.75) is 19.4 Å². The molecule has 3 rings (SSSR count). The minimum Gasteiger partial charge on any atom is -0.487 e. The number of allylic oxidation sites excluding steroid dienone is 1. The van der Waals surface area contributed by atoms with Gasteiger partial charge in [0, 0.05) is 6.61 Å². The van der Waals surface area contributed by atoms with Crippen LogP contribution < -0.4 is 18.9 Å². The van der Waals surface area contributed by atoms with Gasteiger partial charge >= 0.3 is 0 Å². The number of rotatable bonds is 6. The van der Waals surface area contributed by atoms with E-state index >= 15 is 0 Å². The molecule has 0 amide bonds. The minimum atomic E-state index is 0.383. The number of unbranched alkanes of at least 4 members (excludes halogenated alkanes) is 1. The van der Waals surface area contributed by atoms with Crippen molar-refractivity contribution in [2.24, 2.45) is 0 Å². The molecule has 1 heterocycles. The third-order valence-corrected chi connectivity index (χ3v) is 5.51. The highest BCUT2D eigenvalue weighted by Gasteiger charge is 2.09. The molecule has 9 heteroatoms. The average Bonchev–Trinajstić information content (AvgIpc) is 2.95. The van der Waals surface area contributed by atoms with Gasteiger partial charge < -0.3 is 42.6 Å². The summed E-state index contributed by atoms with van der Waals surface area (Å²) in [7, 11) is 0. The zero-order chi connectivity index (χ0) is 27.2. The van der Waals surface area contributed by atoms with Crippen LogP contribution in [0.15, 0.2) is 55.1 Å². The van der Waals surface area contributed by atoms with E-state index in [0.717, 1.165) is 18.4 Å². The van der Waals surface area contributed by atoms with E-state index in [0.29, 0.717) is 115 Å². The van der Waals surface area contributed by atoms with Crippen LogP contribution in [0.25, 0.3) is 0 Å². The Kier molecular flexibility index (Phi) is 15.9. The first kappa shape index (κ1) is 30.7. The summed E-state index contributed by atoms with van der Waals surface area (Å²) in [5, 5.41) is 0. The SMILES string of the molecule is C=CCCCOCc1ccc2c(c1)OCCOCCOCCOc1ccccc1OCCOCCOCCO2. The first-order valence-corrected chi connectivity index (χ1v) is 13.6. The van der Waals surface area contributed by atoms with Crippen molar-refractivity contribution < 1.29 is 42.6 Å². The topological polar surface area (TPSA) is 83.1 Å². The predicted octanol–water partition coefficient (Wildman–Crippen LogP) is 4.46. The van der Waals surface area contributed by atoms with Gasteiger partial charge in [-0.15, -0.1) is 6.58 Å². The normalized spacial score (nSPS) is 17.0. The Morgan fingerprint density at radius 3 is 1.56 bits per heavy atom. The standard InChI is InChI=1S/C30H42O9/c1-2-3-6-11-35-25-26-9-10-29-30(24-26)39-23-19-34-15-14-32-17-21-37-28-8-5-4-7-27(28)36-20-16-31-12-13-33-18-22-38-29/h2,4-5,7-10,24H,1,3,6,11-23,25H2. The largest absolute Gasteiger partial charge is 0.487 e. The van der Waals surface area contributed by atoms with E-state index in [1.165, 1.54) is 0 Å². The molecule has 1 aliphatic heterocycles. The Labute approximate surface area is 231 Å². The molecule has 0 spiro atoms. The van der Waals surface area contributed by atoms with Gasteiger partial charge in [0.05, 0.1) is 59.5 Å². The Morgan fingerprint density at radius 1 is 0.590 bits per heavy atom. The second-order valence-corrected chi connectivity index (χ2v) is 8.55. The van der Waals surface area contributed by atoms with Crippen LogP contribution in [-0.2, 0) is 30.3 Å². The van der Waals surface area contributed by atoms with Crippen LogP contribution in [0.3, 0.4) is 0 Å². The van der Waals surface area contributed by atoms with Gasteiger partial charge in [-0.05, 0) is 42.7 Å². The molecule has 0 N–H and O–H groups in total. The maximum atomic E-state index is 5.99. The second-order valence-electron chi connectivity index (χ2n) is 8.55. The van der Waals surface area contributed by atoms with Gasteiger partial charge in [-0.2, -0.15) is 0 Å². The number of benzene rings is 2.